The van der Waals surface area contributed by atoms with Gasteiger partial charge in [0.15, 0.2) is 6.10 Å². The molecule has 5 heteroatoms. The molecular weight excluding hydrogens is 292 g/mol. The predicted molar refractivity (Wildman–Crippen MR) is 80.0 cm³/mol. The Labute approximate surface area is 127 Å². The van der Waals surface area contributed by atoms with Crippen LogP contribution in [0.25, 0.3) is 0 Å². The van der Waals surface area contributed by atoms with E-state index in [1.54, 1.807) is 36.4 Å². The van der Waals surface area contributed by atoms with E-state index in [-0.39, 0.29) is 0 Å². The third kappa shape index (κ3) is 4.68. The molecule has 4 nitrogen and oxygen atoms in total. The Balaban J connectivity index is 1.90. The van der Waals surface area contributed by atoms with Gasteiger partial charge in [-0.15, -0.1) is 0 Å². The van der Waals surface area contributed by atoms with Crippen LogP contribution in [-0.2, 0) is 11.4 Å². The van der Waals surface area contributed by atoms with Crippen molar-refractivity contribution in [2.24, 2.45) is 0 Å². The van der Waals surface area contributed by atoms with Gasteiger partial charge < -0.3 is 14.6 Å². The van der Waals surface area contributed by atoms with Crippen LogP contribution in [0, 0.1) is 0 Å². The first kappa shape index (κ1) is 15.2. The van der Waals surface area contributed by atoms with E-state index in [0.29, 0.717) is 17.4 Å². The second-order valence-corrected chi connectivity index (χ2v) is 4.92. The summed E-state index contributed by atoms with van der Waals surface area (Å²) in [6.45, 7) is 1.90. The minimum Gasteiger partial charge on any atom is -0.489 e. The third-order valence-electron chi connectivity index (χ3n) is 2.80. The van der Waals surface area contributed by atoms with E-state index >= 15 is 0 Å². The van der Waals surface area contributed by atoms with E-state index in [1.165, 1.54) is 6.92 Å². The van der Waals surface area contributed by atoms with Crippen LogP contribution in [0.3, 0.4) is 0 Å². The second-order valence-electron chi connectivity index (χ2n) is 4.48. The maximum absolute atomic E-state index is 10.7. The van der Waals surface area contributed by atoms with Crippen molar-refractivity contribution in [2.45, 2.75) is 19.6 Å². The Kier molecular flexibility index (Phi) is 5.06. The van der Waals surface area contributed by atoms with Crippen LogP contribution in [0.5, 0.6) is 11.5 Å². The normalized spacial score (nSPS) is 11.7. The monoisotopic (exact) mass is 306 g/mol. The minimum absolute atomic E-state index is 0.413. The minimum atomic E-state index is -0.995. The van der Waals surface area contributed by atoms with Crippen LogP contribution in [0.15, 0.2) is 48.5 Å². The molecule has 0 aliphatic heterocycles. The van der Waals surface area contributed by atoms with Gasteiger partial charge in [0, 0.05) is 5.02 Å². The molecule has 0 aliphatic rings. The summed E-state index contributed by atoms with van der Waals surface area (Å²) in [7, 11) is 0. The van der Waals surface area contributed by atoms with Crippen molar-refractivity contribution in [1.29, 1.82) is 0 Å². The molecule has 1 N–H and O–H groups in total. The Morgan fingerprint density at radius 1 is 1.10 bits per heavy atom. The van der Waals surface area contributed by atoms with Gasteiger partial charge in [-0.25, -0.2) is 4.79 Å². The molecule has 2 aromatic carbocycles. The largest absolute Gasteiger partial charge is 0.489 e. The molecule has 0 fully saturated rings. The molecule has 0 saturated carbocycles. The highest BCUT2D eigenvalue weighted by atomic mass is 35.5. The van der Waals surface area contributed by atoms with Crippen molar-refractivity contribution in [3.63, 3.8) is 0 Å². The van der Waals surface area contributed by atoms with Crippen molar-refractivity contribution >= 4 is 17.6 Å². The van der Waals surface area contributed by atoms with E-state index in [1.807, 2.05) is 12.1 Å². The first-order valence-corrected chi connectivity index (χ1v) is 6.79. The van der Waals surface area contributed by atoms with E-state index < -0.39 is 12.1 Å². The quantitative estimate of drug-likeness (QED) is 0.882. The number of hydrogen-bond acceptors (Lipinski definition) is 3. The summed E-state index contributed by atoms with van der Waals surface area (Å²) in [5.74, 6) is 0.254. The molecule has 0 aromatic heterocycles. The molecule has 2 aromatic rings. The second kappa shape index (κ2) is 6.99. The topological polar surface area (TPSA) is 55.8 Å². The molecule has 0 amide bonds. The predicted octanol–water partition coefficient (Wildman–Crippen LogP) is 3.77. The molecule has 0 spiro atoms. The van der Waals surface area contributed by atoms with Crippen LogP contribution < -0.4 is 9.47 Å². The maximum atomic E-state index is 10.7. The number of benzene rings is 2. The Bertz CT molecular complexity index is 593. The lowest BCUT2D eigenvalue weighted by Crippen LogP contribution is -2.22. The number of halogens is 1. The molecule has 2 rings (SSSR count). The summed E-state index contributed by atoms with van der Waals surface area (Å²) >= 11 is 5.80. The fourth-order valence-electron chi connectivity index (χ4n) is 1.62. The van der Waals surface area contributed by atoms with Crippen molar-refractivity contribution in [1.82, 2.24) is 0 Å². The summed E-state index contributed by atoms with van der Waals surface area (Å²) in [5, 5.41) is 9.44. The fourth-order valence-corrected chi connectivity index (χ4v) is 1.74. The van der Waals surface area contributed by atoms with Gasteiger partial charge in [-0.05, 0) is 48.9 Å². The Morgan fingerprint density at radius 3 is 2.24 bits per heavy atom. The standard InChI is InChI=1S/C16H15ClO4/c1-11(16(18)19)21-15-6-2-12(3-7-15)10-20-14-8-4-13(17)5-9-14/h2-9,11H,10H2,1H3,(H,18,19). The summed E-state index contributed by atoms with van der Waals surface area (Å²) in [6, 6.07) is 14.2. The first-order chi connectivity index (χ1) is 10.0. The average molecular weight is 307 g/mol. The molecule has 0 aliphatic carbocycles. The molecule has 21 heavy (non-hydrogen) atoms. The van der Waals surface area contributed by atoms with Crippen molar-refractivity contribution in [3.8, 4) is 11.5 Å². The van der Waals surface area contributed by atoms with Gasteiger partial charge in [0.05, 0.1) is 0 Å². The van der Waals surface area contributed by atoms with Gasteiger partial charge in [-0.3, -0.25) is 0 Å². The smallest absolute Gasteiger partial charge is 0.344 e. The zero-order valence-electron chi connectivity index (χ0n) is 11.5. The van der Waals surface area contributed by atoms with Gasteiger partial charge in [-0.2, -0.15) is 0 Å². The average Bonchev–Trinajstić information content (AvgIpc) is 2.48. The lowest BCUT2D eigenvalue weighted by Gasteiger charge is -2.11. The summed E-state index contributed by atoms with van der Waals surface area (Å²) < 4.78 is 10.9. The first-order valence-electron chi connectivity index (χ1n) is 6.41. The third-order valence-corrected chi connectivity index (χ3v) is 3.06. The van der Waals surface area contributed by atoms with Gasteiger partial charge in [-0.1, -0.05) is 23.7 Å². The van der Waals surface area contributed by atoms with Crippen molar-refractivity contribution in [3.05, 3.63) is 59.1 Å². The number of aliphatic carboxylic acids is 1. The van der Waals surface area contributed by atoms with Crippen LogP contribution >= 0.6 is 11.6 Å². The summed E-state index contributed by atoms with van der Waals surface area (Å²) in [5.41, 5.74) is 0.959. The molecule has 0 bridgehead atoms. The number of carbonyl (C=O) groups is 1. The molecule has 0 radical (unpaired) electrons. The zero-order chi connectivity index (χ0) is 15.2. The number of carboxylic acid groups (broad SMARTS) is 1. The number of hydrogen-bond donors (Lipinski definition) is 1. The lowest BCUT2D eigenvalue weighted by atomic mass is 10.2. The van der Waals surface area contributed by atoms with Crippen LogP contribution in [0.1, 0.15) is 12.5 Å². The van der Waals surface area contributed by atoms with Crippen LogP contribution in [0.4, 0.5) is 0 Å². The number of rotatable bonds is 6. The van der Waals surface area contributed by atoms with Crippen LogP contribution in [-0.4, -0.2) is 17.2 Å². The molecule has 1 unspecified atom stereocenters. The maximum Gasteiger partial charge on any atom is 0.344 e. The van der Waals surface area contributed by atoms with Crippen molar-refractivity contribution in [2.75, 3.05) is 0 Å². The summed E-state index contributed by atoms with van der Waals surface area (Å²) in [4.78, 5) is 10.7. The van der Waals surface area contributed by atoms with Gasteiger partial charge in [0.2, 0.25) is 0 Å². The highest BCUT2D eigenvalue weighted by molar-refractivity contribution is 6.30. The Morgan fingerprint density at radius 2 is 1.67 bits per heavy atom. The van der Waals surface area contributed by atoms with Gasteiger partial charge in [0.25, 0.3) is 0 Å². The summed E-state index contributed by atoms with van der Waals surface area (Å²) in [6.07, 6.45) is -0.874. The number of carboxylic acids is 1. The Hall–Kier alpha value is -2.20. The lowest BCUT2D eigenvalue weighted by molar-refractivity contribution is -0.144. The molecule has 110 valence electrons. The van der Waals surface area contributed by atoms with E-state index in [2.05, 4.69) is 0 Å². The van der Waals surface area contributed by atoms with Gasteiger partial charge >= 0.3 is 5.97 Å². The highest BCUT2D eigenvalue weighted by Crippen LogP contribution is 2.18. The zero-order valence-corrected chi connectivity index (χ0v) is 12.2. The fraction of sp³-hybridized carbons (Fsp3) is 0.188. The van der Waals surface area contributed by atoms with E-state index in [0.717, 1.165) is 11.3 Å². The molecule has 1 atom stereocenters. The van der Waals surface area contributed by atoms with E-state index in [9.17, 15) is 4.79 Å². The van der Waals surface area contributed by atoms with E-state index in [4.69, 9.17) is 26.2 Å². The number of ether oxygens (including phenoxy) is 2. The van der Waals surface area contributed by atoms with Crippen LogP contribution in [0.2, 0.25) is 5.02 Å². The van der Waals surface area contributed by atoms with Gasteiger partial charge in [0.1, 0.15) is 18.1 Å². The highest BCUT2D eigenvalue weighted by Gasteiger charge is 2.11. The van der Waals surface area contributed by atoms with Crippen molar-refractivity contribution < 1.29 is 19.4 Å². The molecule has 0 heterocycles. The SMILES string of the molecule is CC(Oc1ccc(COc2ccc(Cl)cc2)cc1)C(=O)O. The molecule has 0 saturated heterocycles. The molecular formula is C16H15ClO4.